The number of nitrogens with one attached hydrogen (secondary N) is 1. The molecular formula is C17H21F2N3S2. The van der Waals surface area contributed by atoms with E-state index in [-0.39, 0.29) is 11.7 Å². The van der Waals surface area contributed by atoms with Crippen molar-refractivity contribution in [2.75, 3.05) is 23.0 Å². The van der Waals surface area contributed by atoms with Gasteiger partial charge in [-0.15, -0.1) is 0 Å². The van der Waals surface area contributed by atoms with E-state index in [0.29, 0.717) is 6.04 Å². The summed E-state index contributed by atoms with van der Waals surface area (Å²) in [7, 11) is 0. The molecule has 130 valence electrons. The fraction of sp³-hybridized carbons (Fsp3) is 0.471. The van der Waals surface area contributed by atoms with Crippen molar-refractivity contribution in [2.24, 2.45) is 0 Å². The maximum Gasteiger partial charge on any atom is 0.151 e. The second-order valence-electron chi connectivity index (χ2n) is 5.93. The van der Waals surface area contributed by atoms with Crippen LogP contribution in [-0.2, 0) is 0 Å². The van der Waals surface area contributed by atoms with Crippen LogP contribution in [0, 0.1) is 18.6 Å². The molecule has 1 aliphatic rings. The highest BCUT2D eigenvalue weighted by Crippen LogP contribution is 2.24. The van der Waals surface area contributed by atoms with Crippen LogP contribution in [0.25, 0.3) is 5.69 Å². The van der Waals surface area contributed by atoms with E-state index < -0.39 is 11.6 Å². The van der Waals surface area contributed by atoms with E-state index in [0.717, 1.165) is 28.8 Å². The molecule has 0 bridgehead atoms. The highest BCUT2D eigenvalue weighted by atomic mass is 32.2. The van der Waals surface area contributed by atoms with Gasteiger partial charge in [-0.25, -0.2) is 13.5 Å². The van der Waals surface area contributed by atoms with Gasteiger partial charge in [-0.2, -0.15) is 28.6 Å². The summed E-state index contributed by atoms with van der Waals surface area (Å²) in [6.45, 7) is 4.02. The molecule has 1 aliphatic heterocycles. The van der Waals surface area contributed by atoms with Crippen molar-refractivity contribution < 1.29 is 8.78 Å². The van der Waals surface area contributed by atoms with Crippen LogP contribution in [0.1, 0.15) is 24.2 Å². The van der Waals surface area contributed by atoms with E-state index in [9.17, 15) is 8.78 Å². The first-order valence-electron chi connectivity index (χ1n) is 7.97. The first-order chi connectivity index (χ1) is 11.6. The van der Waals surface area contributed by atoms with Crippen molar-refractivity contribution in [1.29, 1.82) is 0 Å². The van der Waals surface area contributed by atoms with Crippen molar-refractivity contribution in [1.82, 2.24) is 15.1 Å². The fourth-order valence-corrected chi connectivity index (χ4v) is 5.32. The van der Waals surface area contributed by atoms with Crippen LogP contribution in [0.15, 0.2) is 24.4 Å². The number of benzene rings is 1. The largest absolute Gasteiger partial charge is 0.306 e. The zero-order chi connectivity index (χ0) is 17.1. The molecule has 0 unspecified atom stereocenters. The van der Waals surface area contributed by atoms with Crippen molar-refractivity contribution >= 4 is 23.5 Å². The minimum absolute atomic E-state index is 0.131. The summed E-state index contributed by atoms with van der Waals surface area (Å²) in [5.74, 6) is 3.44. The van der Waals surface area contributed by atoms with E-state index in [4.69, 9.17) is 0 Å². The van der Waals surface area contributed by atoms with Crippen LogP contribution in [0.2, 0.25) is 0 Å². The Morgan fingerprint density at radius 1 is 1.25 bits per heavy atom. The van der Waals surface area contributed by atoms with Crippen LogP contribution in [-0.4, -0.2) is 38.8 Å². The van der Waals surface area contributed by atoms with Crippen LogP contribution < -0.4 is 5.32 Å². The summed E-state index contributed by atoms with van der Waals surface area (Å²) in [4.78, 5) is 0. The molecule has 2 heterocycles. The normalized spacial score (nSPS) is 17.7. The average Bonchev–Trinajstić information content (AvgIpc) is 2.75. The molecule has 3 nitrogen and oxygen atoms in total. The predicted octanol–water partition coefficient (Wildman–Crippen LogP) is 3.96. The zero-order valence-corrected chi connectivity index (χ0v) is 15.4. The lowest BCUT2D eigenvalue weighted by Gasteiger charge is -2.21. The number of hydrogen-bond acceptors (Lipinski definition) is 4. The topological polar surface area (TPSA) is 29.9 Å². The molecule has 1 aromatic heterocycles. The molecule has 1 fully saturated rings. The van der Waals surface area contributed by atoms with Crippen LogP contribution in [0.4, 0.5) is 8.78 Å². The lowest BCUT2D eigenvalue weighted by molar-refractivity contribution is 0.514. The number of rotatable bonds is 4. The van der Waals surface area contributed by atoms with Crippen LogP contribution in [0.5, 0.6) is 0 Å². The Morgan fingerprint density at radius 2 is 1.96 bits per heavy atom. The molecule has 1 atom stereocenters. The van der Waals surface area contributed by atoms with Gasteiger partial charge in [0.05, 0.1) is 6.20 Å². The maximum atomic E-state index is 14.0. The van der Waals surface area contributed by atoms with E-state index in [1.54, 1.807) is 10.9 Å². The van der Waals surface area contributed by atoms with Crippen LogP contribution >= 0.6 is 23.5 Å². The maximum absolute atomic E-state index is 14.0. The van der Waals surface area contributed by atoms with Gasteiger partial charge < -0.3 is 5.32 Å². The molecule has 24 heavy (non-hydrogen) atoms. The quantitative estimate of drug-likeness (QED) is 0.884. The van der Waals surface area contributed by atoms with Gasteiger partial charge in [0.25, 0.3) is 0 Å². The summed E-state index contributed by atoms with van der Waals surface area (Å²) in [5, 5.41) is 7.97. The van der Waals surface area contributed by atoms with Crippen LogP contribution in [0.3, 0.4) is 0 Å². The monoisotopic (exact) mass is 369 g/mol. The van der Waals surface area contributed by atoms with Gasteiger partial charge in [0.2, 0.25) is 0 Å². The Balaban J connectivity index is 1.78. The standard InChI is InChI=1S/C17H21F2N3S2/c1-11(21-14-9-23-5-6-24-10-14)15-8-20-22(12(15)2)17-4-3-13(18)7-16(17)19/h3-4,7-8,11,14,21H,5-6,9-10H2,1-2H3/t11-/m0/s1. The molecule has 1 saturated heterocycles. The van der Waals surface area contributed by atoms with Crippen molar-refractivity contribution in [3.05, 3.63) is 47.3 Å². The average molecular weight is 370 g/mol. The smallest absolute Gasteiger partial charge is 0.151 e. The number of hydrogen-bond donors (Lipinski definition) is 1. The highest BCUT2D eigenvalue weighted by Gasteiger charge is 2.20. The highest BCUT2D eigenvalue weighted by molar-refractivity contribution is 8.03. The third-order valence-electron chi connectivity index (χ3n) is 4.15. The number of nitrogens with zero attached hydrogens (tertiary/aromatic N) is 2. The number of halogens is 2. The molecule has 0 amide bonds. The molecule has 3 rings (SSSR count). The molecule has 0 radical (unpaired) electrons. The third-order valence-corrected chi connectivity index (χ3v) is 6.67. The van der Waals surface area contributed by atoms with Crippen molar-refractivity contribution in [3.63, 3.8) is 0 Å². The Bertz CT molecular complexity index is 697. The molecule has 1 aromatic carbocycles. The lowest BCUT2D eigenvalue weighted by atomic mass is 10.1. The molecule has 0 aliphatic carbocycles. The first-order valence-corrected chi connectivity index (χ1v) is 10.3. The Morgan fingerprint density at radius 3 is 2.62 bits per heavy atom. The third kappa shape index (κ3) is 3.95. The Labute approximate surface area is 149 Å². The zero-order valence-electron chi connectivity index (χ0n) is 13.8. The summed E-state index contributed by atoms with van der Waals surface area (Å²) in [6.07, 6.45) is 1.77. The van der Waals surface area contributed by atoms with E-state index in [2.05, 4.69) is 17.3 Å². The molecule has 1 N–H and O–H groups in total. The van der Waals surface area contributed by atoms with Gasteiger partial charge >= 0.3 is 0 Å². The van der Waals surface area contributed by atoms with E-state index in [1.165, 1.54) is 23.6 Å². The fourth-order valence-electron chi connectivity index (χ4n) is 2.90. The Kier molecular flexibility index (Phi) is 5.84. The number of thioether (sulfide) groups is 2. The first kappa shape index (κ1) is 17.8. The number of aromatic nitrogens is 2. The van der Waals surface area contributed by atoms with Gasteiger partial charge in [0.15, 0.2) is 5.82 Å². The summed E-state index contributed by atoms with van der Waals surface area (Å²) in [5.41, 5.74) is 2.18. The van der Waals surface area contributed by atoms with Crippen molar-refractivity contribution in [2.45, 2.75) is 25.9 Å². The lowest BCUT2D eigenvalue weighted by Crippen LogP contribution is -2.35. The summed E-state index contributed by atoms with van der Waals surface area (Å²) in [6, 6.07) is 4.15. The van der Waals surface area contributed by atoms with Gasteiger partial charge in [0, 0.05) is 52.4 Å². The molecule has 7 heteroatoms. The predicted molar refractivity (Wildman–Crippen MR) is 98.2 cm³/mol. The summed E-state index contributed by atoms with van der Waals surface area (Å²) >= 11 is 3.96. The van der Waals surface area contributed by atoms with E-state index >= 15 is 0 Å². The van der Waals surface area contributed by atoms with Gasteiger partial charge in [0.1, 0.15) is 11.5 Å². The molecule has 2 aromatic rings. The second-order valence-corrected chi connectivity index (χ2v) is 8.23. The van der Waals surface area contributed by atoms with Gasteiger partial charge in [-0.3, -0.25) is 0 Å². The SMILES string of the molecule is Cc1c([C@H](C)NC2CSCCSC2)cnn1-c1ccc(F)cc1F. The molecule has 0 saturated carbocycles. The molecular weight excluding hydrogens is 348 g/mol. The van der Waals surface area contributed by atoms with E-state index in [1.807, 2.05) is 30.4 Å². The second kappa shape index (κ2) is 7.89. The molecule has 0 spiro atoms. The van der Waals surface area contributed by atoms with Gasteiger partial charge in [-0.1, -0.05) is 0 Å². The minimum atomic E-state index is -0.607. The summed E-state index contributed by atoms with van der Waals surface area (Å²) < 4.78 is 28.7. The minimum Gasteiger partial charge on any atom is -0.306 e. The van der Waals surface area contributed by atoms with Gasteiger partial charge in [-0.05, 0) is 26.0 Å². The Hall–Kier alpha value is -1.05. The van der Waals surface area contributed by atoms with Crippen molar-refractivity contribution in [3.8, 4) is 5.69 Å².